The molecule has 1 atom stereocenters. The monoisotopic (exact) mass is 531 g/mol. The molecule has 3 aromatic rings. The first-order chi connectivity index (χ1) is 16.8. The molecule has 1 aromatic heterocycles. The highest BCUT2D eigenvalue weighted by molar-refractivity contribution is 7.92. The summed E-state index contributed by atoms with van der Waals surface area (Å²) >= 11 is 7.03. The molecule has 0 bridgehead atoms. The van der Waals surface area contributed by atoms with Gasteiger partial charge >= 0.3 is 0 Å². The van der Waals surface area contributed by atoms with Gasteiger partial charge in [0.25, 0.3) is 17.7 Å². The van der Waals surface area contributed by atoms with Crippen LogP contribution < -0.4 is 5.32 Å². The van der Waals surface area contributed by atoms with Gasteiger partial charge in [-0.15, -0.1) is 11.3 Å². The van der Waals surface area contributed by atoms with E-state index in [-0.39, 0.29) is 41.9 Å². The number of sulfone groups is 1. The van der Waals surface area contributed by atoms with Crippen LogP contribution in [0.5, 0.6) is 0 Å². The Morgan fingerprint density at radius 1 is 0.857 bits per heavy atom. The summed E-state index contributed by atoms with van der Waals surface area (Å²) in [6, 6.07) is 17.4. The first-order valence-corrected chi connectivity index (χ1v) is 13.5. The summed E-state index contributed by atoms with van der Waals surface area (Å²) in [5, 5.41) is 2.61. The fraction of sp³-hybridized carbons (Fsp3) is 0.208. The van der Waals surface area contributed by atoms with E-state index in [4.69, 9.17) is 11.6 Å². The lowest BCUT2D eigenvalue weighted by molar-refractivity contribution is -0.132. The summed E-state index contributed by atoms with van der Waals surface area (Å²) in [6.45, 7) is 0.760. The van der Waals surface area contributed by atoms with Crippen molar-refractivity contribution < 1.29 is 22.8 Å². The minimum Gasteiger partial charge on any atom is -0.336 e. The zero-order valence-electron chi connectivity index (χ0n) is 18.5. The number of benzene rings is 2. The highest BCUT2D eigenvalue weighted by Gasteiger charge is 2.39. The number of carbonyl (C=O) groups excluding carboxylic acids is 3. The predicted molar refractivity (Wildman–Crippen MR) is 133 cm³/mol. The van der Waals surface area contributed by atoms with E-state index in [1.54, 1.807) is 46.7 Å². The van der Waals surface area contributed by atoms with E-state index in [0.29, 0.717) is 10.6 Å². The van der Waals surface area contributed by atoms with Crippen LogP contribution in [0.25, 0.3) is 0 Å². The van der Waals surface area contributed by atoms with Gasteiger partial charge in [0, 0.05) is 36.8 Å². The number of rotatable bonds is 6. The molecule has 0 saturated carbocycles. The molecule has 2 aromatic carbocycles. The van der Waals surface area contributed by atoms with Crippen LogP contribution >= 0.6 is 22.9 Å². The van der Waals surface area contributed by atoms with Crippen molar-refractivity contribution in [1.82, 2.24) is 15.1 Å². The molecule has 182 valence electrons. The first kappa shape index (κ1) is 24.9. The molecule has 1 aliphatic heterocycles. The van der Waals surface area contributed by atoms with Crippen molar-refractivity contribution in [3.05, 3.63) is 87.6 Å². The SMILES string of the molecule is O=C(NC(C(=O)N1CCN(C(=O)c2ccccc2)CC1)S(=O)(=O)c1ccc(Cl)cc1)c1cccs1. The maximum absolute atomic E-state index is 13.4. The minimum atomic E-state index is -4.28. The van der Waals surface area contributed by atoms with Gasteiger partial charge in [0.1, 0.15) is 0 Å². The predicted octanol–water partition coefficient (Wildman–Crippen LogP) is 2.92. The van der Waals surface area contributed by atoms with Crippen molar-refractivity contribution in [2.24, 2.45) is 0 Å². The van der Waals surface area contributed by atoms with Crippen molar-refractivity contribution in [2.75, 3.05) is 26.2 Å². The highest BCUT2D eigenvalue weighted by Crippen LogP contribution is 2.21. The summed E-state index contributed by atoms with van der Waals surface area (Å²) in [4.78, 5) is 42.0. The fourth-order valence-electron chi connectivity index (χ4n) is 3.69. The summed E-state index contributed by atoms with van der Waals surface area (Å²) in [6.07, 6.45) is 0. The Morgan fingerprint density at radius 3 is 2.09 bits per heavy atom. The van der Waals surface area contributed by atoms with Crippen LogP contribution in [0.15, 0.2) is 77.0 Å². The molecule has 2 heterocycles. The first-order valence-electron chi connectivity index (χ1n) is 10.7. The second-order valence-electron chi connectivity index (χ2n) is 7.81. The van der Waals surface area contributed by atoms with Crippen LogP contribution in [0.1, 0.15) is 20.0 Å². The number of carbonyl (C=O) groups is 3. The number of hydrogen-bond donors (Lipinski definition) is 1. The van der Waals surface area contributed by atoms with E-state index >= 15 is 0 Å². The molecular formula is C24H22ClN3O5S2. The lowest BCUT2D eigenvalue weighted by Gasteiger charge is -2.36. The minimum absolute atomic E-state index is 0.135. The number of amides is 3. The van der Waals surface area contributed by atoms with Gasteiger partial charge in [0.15, 0.2) is 0 Å². The lowest BCUT2D eigenvalue weighted by atomic mass is 10.2. The highest BCUT2D eigenvalue weighted by atomic mass is 35.5. The largest absolute Gasteiger partial charge is 0.336 e. The zero-order chi connectivity index (χ0) is 25.0. The smallest absolute Gasteiger partial charge is 0.262 e. The van der Waals surface area contributed by atoms with Gasteiger partial charge in [-0.3, -0.25) is 14.4 Å². The van der Waals surface area contributed by atoms with Crippen LogP contribution in [0.3, 0.4) is 0 Å². The van der Waals surface area contributed by atoms with Gasteiger partial charge in [0.05, 0.1) is 9.77 Å². The fourth-order valence-corrected chi connectivity index (χ4v) is 5.91. The standard InChI is InChI=1S/C24H22ClN3O5S2/c25-18-8-10-19(11-9-18)35(32,33)22(26-21(29)20-7-4-16-34-20)24(31)28-14-12-27(13-15-28)23(30)17-5-2-1-3-6-17/h1-11,16,22H,12-15H2,(H,26,29). The maximum atomic E-state index is 13.4. The van der Waals surface area contributed by atoms with Gasteiger partial charge in [-0.25, -0.2) is 8.42 Å². The summed E-state index contributed by atoms with van der Waals surface area (Å²) in [7, 11) is -4.28. The van der Waals surface area contributed by atoms with Crippen molar-refractivity contribution in [2.45, 2.75) is 10.3 Å². The number of nitrogens with zero attached hydrogens (tertiary/aromatic N) is 2. The topological polar surface area (TPSA) is 104 Å². The zero-order valence-corrected chi connectivity index (χ0v) is 20.9. The third kappa shape index (κ3) is 5.55. The van der Waals surface area contributed by atoms with E-state index in [1.165, 1.54) is 29.2 Å². The molecule has 0 spiro atoms. The number of piperazine rings is 1. The lowest BCUT2D eigenvalue weighted by Crippen LogP contribution is -2.57. The molecule has 0 radical (unpaired) electrons. The molecule has 1 N–H and O–H groups in total. The van der Waals surface area contributed by atoms with Gasteiger partial charge in [-0.2, -0.15) is 0 Å². The molecule has 1 fully saturated rings. The Morgan fingerprint density at radius 2 is 1.49 bits per heavy atom. The van der Waals surface area contributed by atoms with Crippen molar-refractivity contribution in [3.8, 4) is 0 Å². The van der Waals surface area contributed by atoms with Crippen LogP contribution in [0, 0.1) is 0 Å². The summed E-state index contributed by atoms with van der Waals surface area (Å²) in [5.41, 5.74) is 0.540. The van der Waals surface area contributed by atoms with E-state index in [0.717, 1.165) is 11.3 Å². The van der Waals surface area contributed by atoms with Crippen molar-refractivity contribution in [3.63, 3.8) is 0 Å². The summed E-state index contributed by atoms with van der Waals surface area (Å²) < 4.78 is 26.8. The number of thiophene rings is 1. The molecule has 11 heteroatoms. The molecular weight excluding hydrogens is 510 g/mol. The van der Waals surface area contributed by atoms with Gasteiger partial charge in [0.2, 0.25) is 15.2 Å². The van der Waals surface area contributed by atoms with E-state index in [9.17, 15) is 22.8 Å². The van der Waals surface area contributed by atoms with Gasteiger partial charge < -0.3 is 15.1 Å². The Kier molecular flexibility index (Phi) is 7.54. The van der Waals surface area contributed by atoms with Crippen LogP contribution in [-0.4, -0.2) is 67.5 Å². The molecule has 4 rings (SSSR count). The summed E-state index contributed by atoms with van der Waals surface area (Å²) in [5.74, 6) is -1.57. The number of halogens is 1. The number of nitrogens with one attached hydrogen (secondary N) is 1. The van der Waals surface area contributed by atoms with E-state index < -0.39 is 27.0 Å². The molecule has 1 saturated heterocycles. The quantitative estimate of drug-likeness (QED) is 0.527. The molecule has 35 heavy (non-hydrogen) atoms. The average Bonchev–Trinajstić information content (AvgIpc) is 3.42. The second-order valence-corrected chi connectivity index (χ2v) is 11.2. The van der Waals surface area contributed by atoms with Crippen molar-refractivity contribution >= 4 is 50.5 Å². The molecule has 0 aliphatic carbocycles. The van der Waals surface area contributed by atoms with Gasteiger partial charge in [-0.05, 0) is 47.8 Å². The normalized spacial score (nSPS) is 14.9. The van der Waals surface area contributed by atoms with Crippen molar-refractivity contribution in [1.29, 1.82) is 0 Å². The van der Waals surface area contributed by atoms with Crippen LogP contribution in [0.2, 0.25) is 5.02 Å². The van der Waals surface area contributed by atoms with Crippen LogP contribution in [-0.2, 0) is 14.6 Å². The molecule has 3 amide bonds. The van der Waals surface area contributed by atoms with E-state index in [2.05, 4.69) is 5.32 Å². The molecule has 8 nitrogen and oxygen atoms in total. The maximum Gasteiger partial charge on any atom is 0.262 e. The Balaban J connectivity index is 1.54. The Bertz CT molecular complexity index is 1300. The van der Waals surface area contributed by atoms with Gasteiger partial charge in [-0.1, -0.05) is 35.9 Å². The van der Waals surface area contributed by atoms with E-state index in [1.807, 2.05) is 6.07 Å². The third-order valence-corrected chi connectivity index (χ3v) is 8.57. The average molecular weight is 532 g/mol. The Labute approximate surface area is 212 Å². The Hall–Kier alpha value is -3.21. The van der Waals surface area contributed by atoms with Crippen LogP contribution in [0.4, 0.5) is 0 Å². The second kappa shape index (κ2) is 10.6. The third-order valence-electron chi connectivity index (χ3n) is 5.58. The molecule has 1 unspecified atom stereocenters. The number of hydrogen-bond acceptors (Lipinski definition) is 6. The molecule has 1 aliphatic rings.